The van der Waals surface area contributed by atoms with E-state index in [4.69, 9.17) is 4.74 Å². The van der Waals surface area contributed by atoms with E-state index < -0.39 is 5.82 Å². The number of amides is 2. The average molecular weight is 464 g/mol. The SMILES string of the molecule is CC(C)Oc1cc(F)ccc1Nc1ncnc2ccc(C#CCNC(=O)N3CCNCC3)nc12. The summed E-state index contributed by atoms with van der Waals surface area (Å²) in [6, 6.07) is 7.69. The van der Waals surface area contributed by atoms with Crippen LogP contribution in [0, 0.1) is 17.7 Å². The first kappa shape index (κ1) is 23.2. The Hall–Kier alpha value is -3.97. The van der Waals surface area contributed by atoms with Gasteiger partial charge in [0, 0.05) is 32.2 Å². The Labute approximate surface area is 197 Å². The fourth-order valence-electron chi connectivity index (χ4n) is 3.41. The van der Waals surface area contributed by atoms with Gasteiger partial charge in [0.25, 0.3) is 0 Å². The van der Waals surface area contributed by atoms with Crippen LogP contribution in [0.2, 0.25) is 0 Å². The highest BCUT2D eigenvalue weighted by molar-refractivity contribution is 5.88. The Morgan fingerprint density at radius 2 is 2.06 bits per heavy atom. The molecule has 1 fully saturated rings. The molecule has 0 aliphatic carbocycles. The van der Waals surface area contributed by atoms with Gasteiger partial charge in [-0.1, -0.05) is 5.92 Å². The zero-order valence-corrected chi connectivity index (χ0v) is 19.1. The second-order valence-electron chi connectivity index (χ2n) is 7.92. The van der Waals surface area contributed by atoms with E-state index in [9.17, 15) is 9.18 Å². The molecule has 1 aliphatic heterocycles. The molecule has 1 aliphatic rings. The number of fused-ring (bicyclic) bond motifs is 1. The molecule has 0 saturated carbocycles. The normalized spacial score (nSPS) is 13.4. The number of halogens is 1. The number of rotatable bonds is 5. The molecule has 0 radical (unpaired) electrons. The van der Waals surface area contributed by atoms with E-state index in [0.717, 1.165) is 13.1 Å². The molecule has 3 N–H and O–H groups in total. The first-order valence-electron chi connectivity index (χ1n) is 11.1. The highest BCUT2D eigenvalue weighted by atomic mass is 19.1. The molecular formula is C24H26FN7O2. The van der Waals surface area contributed by atoms with Crippen molar-refractivity contribution in [3.63, 3.8) is 0 Å². The van der Waals surface area contributed by atoms with Crippen molar-refractivity contribution in [2.24, 2.45) is 0 Å². The van der Waals surface area contributed by atoms with E-state index >= 15 is 0 Å². The fourth-order valence-corrected chi connectivity index (χ4v) is 3.41. The molecule has 10 heteroatoms. The summed E-state index contributed by atoms with van der Waals surface area (Å²) in [7, 11) is 0. The van der Waals surface area contributed by atoms with Gasteiger partial charge >= 0.3 is 6.03 Å². The second-order valence-corrected chi connectivity index (χ2v) is 7.92. The third-order valence-corrected chi connectivity index (χ3v) is 4.99. The largest absolute Gasteiger partial charge is 0.489 e. The zero-order valence-electron chi connectivity index (χ0n) is 19.1. The number of carbonyl (C=O) groups is 1. The highest BCUT2D eigenvalue weighted by Crippen LogP contribution is 2.30. The molecule has 0 atom stereocenters. The molecular weight excluding hydrogens is 437 g/mol. The lowest BCUT2D eigenvalue weighted by Crippen LogP contribution is -2.50. The minimum Gasteiger partial charge on any atom is -0.489 e. The predicted octanol–water partition coefficient (Wildman–Crippen LogP) is 2.66. The van der Waals surface area contributed by atoms with Crippen LogP contribution in [-0.2, 0) is 0 Å². The van der Waals surface area contributed by atoms with Crippen molar-refractivity contribution in [2.45, 2.75) is 20.0 Å². The summed E-state index contributed by atoms with van der Waals surface area (Å²) in [5.41, 5.74) is 2.21. The molecule has 0 unspecified atom stereocenters. The lowest BCUT2D eigenvalue weighted by molar-refractivity contribution is 0.191. The van der Waals surface area contributed by atoms with E-state index in [0.29, 0.717) is 47.1 Å². The van der Waals surface area contributed by atoms with Crippen LogP contribution in [-0.4, -0.2) is 64.7 Å². The summed E-state index contributed by atoms with van der Waals surface area (Å²) in [4.78, 5) is 27.1. The maximum atomic E-state index is 13.8. The van der Waals surface area contributed by atoms with E-state index in [1.54, 1.807) is 23.1 Å². The number of pyridine rings is 1. The van der Waals surface area contributed by atoms with Gasteiger partial charge in [0.15, 0.2) is 5.82 Å². The molecule has 4 rings (SSSR count). The minimum absolute atomic E-state index is 0.124. The Bertz CT molecular complexity index is 1230. The summed E-state index contributed by atoms with van der Waals surface area (Å²) < 4.78 is 19.5. The molecule has 1 aromatic carbocycles. The summed E-state index contributed by atoms with van der Waals surface area (Å²) >= 11 is 0. The first-order chi connectivity index (χ1) is 16.5. The number of anilines is 2. The van der Waals surface area contributed by atoms with Crippen LogP contribution < -0.4 is 20.7 Å². The van der Waals surface area contributed by atoms with Crippen molar-refractivity contribution < 1.29 is 13.9 Å². The smallest absolute Gasteiger partial charge is 0.318 e. The Morgan fingerprint density at radius 3 is 2.85 bits per heavy atom. The molecule has 1 saturated heterocycles. The van der Waals surface area contributed by atoms with Crippen LogP contribution in [0.1, 0.15) is 19.5 Å². The van der Waals surface area contributed by atoms with Crippen molar-refractivity contribution in [3.05, 3.63) is 48.2 Å². The number of nitrogens with zero attached hydrogens (tertiary/aromatic N) is 4. The predicted molar refractivity (Wildman–Crippen MR) is 127 cm³/mol. The molecule has 3 heterocycles. The highest BCUT2D eigenvalue weighted by Gasteiger charge is 2.15. The van der Waals surface area contributed by atoms with Gasteiger partial charge in [-0.2, -0.15) is 0 Å². The Balaban J connectivity index is 1.50. The van der Waals surface area contributed by atoms with Crippen LogP contribution in [0.5, 0.6) is 5.75 Å². The van der Waals surface area contributed by atoms with Gasteiger partial charge in [0.05, 0.1) is 23.9 Å². The minimum atomic E-state index is -0.395. The van der Waals surface area contributed by atoms with Gasteiger partial charge < -0.3 is 25.6 Å². The standard InChI is InChI=1S/C24H26FN7O2/c1-16(2)34-21-14-17(25)5-7-19(21)31-23-22-20(28-15-29-23)8-6-18(30-22)4-3-9-27-24(33)32-12-10-26-11-13-32/h5-8,14-16,26H,9-13H2,1-2H3,(H,27,33)(H,28,29,31). The third-order valence-electron chi connectivity index (χ3n) is 4.99. The van der Waals surface area contributed by atoms with Gasteiger partial charge in [-0.15, -0.1) is 0 Å². The van der Waals surface area contributed by atoms with Crippen molar-refractivity contribution >= 4 is 28.6 Å². The number of hydrogen-bond acceptors (Lipinski definition) is 7. The molecule has 9 nitrogen and oxygen atoms in total. The van der Waals surface area contributed by atoms with E-state index in [-0.39, 0.29) is 18.7 Å². The Kier molecular flexibility index (Phi) is 7.34. The topological polar surface area (TPSA) is 104 Å². The van der Waals surface area contributed by atoms with E-state index in [1.807, 2.05) is 13.8 Å². The lowest BCUT2D eigenvalue weighted by atomic mass is 10.2. The third kappa shape index (κ3) is 5.88. The maximum Gasteiger partial charge on any atom is 0.318 e. The number of benzene rings is 1. The quantitative estimate of drug-likeness (QED) is 0.500. The van der Waals surface area contributed by atoms with Crippen LogP contribution in [0.4, 0.5) is 20.7 Å². The van der Waals surface area contributed by atoms with Crippen LogP contribution in [0.15, 0.2) is 36.7 Å². The van der Waals surface area contributed by atoms with Crippen molar-refractivity contribution in [3.8, 4) is 17.6 Å². The van der Waals surface area contributed by atoms with Gasteiger partial charge in [-0.3, -0.25) is 0 Å². The first-order valence-corrected chi connectivity index (χ1v) is 11.1. The number of ether oxygens (including phenoxy) is 1. The molecule has 176 valence electrons. The number of urea groups is 1. The molecule has 34 heavy (non-hydrogen) atoms. The van der Waals surface area contributed by atoms with Crippen LogP contribution in [0.3, 0.4) is 0 Å². The molecule has 2 amide bonds. The number of piperazine rings is 1. The Morgan fingerprint density at radius 1 is 1.24 bits per heavy atom. The maximum absolute atomic E-state index is 13.8. The number of nitrogens with one attached hydrogen (secondary N) is 3. The van der Waals surface area contributed by atoms with Crippen LogP contribution in [0.25, 0.3) is 11.0 Å². The number of carbonyl (C=O) groups excluding carboxylic acids is 1. The van der Waals surface area contributed by atoms with Crippen molar-refractivity contribution in [1.29, 1.82) is 0 Å². The summed E-state index contributed by atoms with van der Waals surface area (Å²) in [6.07, 6.45) is 1.30. The average Bonchev–Trinajstić information content (AvgIpc) is 2.84. The summed E-state index contributed by atoms with van der Waals surface area (Å²) in [5.74, 6) is 6.32. The number of aromatic nitrogens is 3. The molecule has 0 bridgehead atoms. The molecule has 3 aromatic rings. The summed E-state index contributed by atoms with van der Waals surface area (Å²) in [5, 5.41) is 9.19. The van der Waals surface area contributed by atoms with Gasteiger partial charge in [0.2, 0.25) is 0 Å². The zero-order chi connectivity index (χ0) is 23.9. The van der Waals surface area contributed by atoms with Crippen molar-refractivity contribution in [2.75, 3.05) is 38.0 Å². The van der Waals surface area contributed by atoms with Crippen LogP contribution >= 0.6 is 0 Å². The second kappa shape index (κ2) is 10.8. The van der Waals surface area contributed by atoms with Crippen molar-refractivity contribution in [1.82, 2.24) is 30.5 Å². The van der Waals surface area contributed by atoms with Gasteiger partial charge in [-0.05, 0) is 44.0 Å². The molecule has 2 aromatic heterocycles. The fraction of sp³-hybridized carbons (Fsp3) is 0.333. The van der Waals surface area contributed by atoms with E-state index in [1.165, 1.54) is 18.5 Å². The monoisotopic (exact) mass is 463 g/mol. The molecule has 0 spiro atoms. The van der Waals surface area contributed by atoms with Gasteiger partial charge in [0.1, 0.15) is 29.1 Å². The summed E-state index contributed by atoms with van der Waals surface area (Å²) in [6.45, 7) is 6.90. The number of hydrogen-bond donors (Lipinski definition) is 3. The van der Waals surface area contributed by atoms with Gasteiger partial charge in [-0.25, -0.2) is 24.1 Å². The lowest BCUT2D eigenvalue weighted by Gasteiger charge is -2.27. The van der Waals surface area contributed by atoms with E-state index in [2.05, 4.69) is 42.7 Å².